The third-order valence-corrected chi connectivity index (χ3v) is 5.81. The number of benzene rings is 2. The van der Waals surface area contributed by atoms with Gasteiger partial charge in [0.25, 0.3) is 0 Å². The van der Waals surface area contributed by atoms with E-state index in [0.29, 0.717) is 6.61 Å². The van der Waals surface area contributed by atoms with E-state index in [1.165, 1.54) is 11.8 Å². The standard InChI is InChI=1S/C20H22O5S/c1-22-18-16(21)20(26-14-10-6-3-7-11-14)24-15-12-23-19(25-17(15)18)13-8-4-2-5-9-13/h2-11,15-21H,12H2,1H3. The van der Waals surface area contributed by atoms with Gasteiger partial charge in [-0.05, 0) is 12.1 Å². The van der Waals surface area contributed by atoms with Gasteiger partial charge < -0.3 is 24.1 Å². The summed E-state index contributed by atoms with van der Waals surface area (Å²) in [7, 11) is 1.59. The van der Waals surface area contributed by atoms with E-state index >= 15 is 0 Å². The third-order valence-electron chi connectivity index (χ3n) is 4.65. The number of ether oxygens (including phenoxy) is 4. The molecule has 0 saturated carbocycles. The monoisotopic (exact) mass is 374 g/mol. The van der Waals surface area contributed by atoms with Crippen LogP contribution in [0.1, 0.15) is 11.9 Å². The summed E-state index contributed by atoms with van der Waals surface area (Å²) in [6.07, 6.45) is -2.44. The van der Waals surface area contributed by atoms with Gasteiger partial charge >= 0.3 is 0 Å². The molecule has 6 unspecified atom stereocenters. The summed E-state index contributed by atoms with van der Waals surface area (Å²) in [6, 6.07) is 19.6. The average molecular weight is 374 g/mol. The minimum atomic E-state index is -0.805. The molecule has 2 saturated heterocycles. The van der Waals surface area contributed by atoms with Crippen molar-refractivity contribution in [3.63, 3.8) is 0 Å². The Morgan fingerprint density at radius 1 is 1.00 bits per heavy atom. The van der Waals surface area contributed by atoms with E-state index in [1.54, 1.807) is 7.11 Å². The van der Waals surface area contributed by atoms with Crippen molar-refractivity contribution < 1.29 is 24.1 Å². The predicted octanol–water partition coefficient (Wildman–Crippen LogP) is 2.99. The highest BCUT2D eigenvalue weighted by Crippen LogP contribution is 2.39. The van der Waals surface area contributed by atoms with E-state index in [-0.39, 0.29) is 12.2 Å². The molecule has 2 heterocycles. The van der Waals surface area contributed by atoms with E-state index in [4.69, 9.17) is 18.9 Å². The molecule has 6 heteroatoms. The lowest BCUT2D eigenvalue weighted by molar-refractivity contribution is -0.321. The summed E-state index contributed by atoms with van der Waals surface area (Å²) in [4.78, 5) is 1.03. The van der Waals surface area contributed by atoms with Gasteiger partial charge in [0.1, 0.15) is 29.9 Å². The first-order chi connectivity index (χ1) is 12.8. The molecule has 0 spiro atoms. The van der Waals surface area contributed by atoms with Crippen LogP contribution in [0.5, 0.6) is 0 Å². The van der Waals surface area contributed by atoms with Gasteiger partial charge in [-0.1, -0.05) is 60.3 Å². The van der Waals surface area contributed by atoms with Crippen LogP contribution in [0.15, 0.2) is 65.6 Å². The predicted molar refractivity (Wildman–Crippen MR) is 97.8 cm³/mol. The van der Waals surface area contributed by atoms with Crippen molar-refractivity contribution in [1.82, 2.24) is 0 Å². The molecular weight excluding hydrogens is 352 g/mol. The zero-order chi connectivity index (χ0) is 17.9. The first-order valence-corrected chi connectivity index (χ1v) is 9.54. The SMILES string of the molecule is COC1C(O)C(Sc2ccccc2)OC2COC(c3ccccc3)OC21. The summed E-state index contributed by atoms with van der Waals surface area (Å²) in [5.74, 6) is 0. The van der Waals surface area contributed by atoms with Crippen LogP contribution in [0.25, 0.3) is 0 Å². The highest BCUT2D eigenvalue weighted by molar-refractivity contribution is 7.99. The maximum Gasteiger partial charge on any atom is 0.184 e. The van der Waals surface area contributed by atoms with Crippen LogP contribution < -0.4 is 0 Å². The topological polar surface area (TPSA) is 57.2 Å². The Kier molecular flexibility index (Phi) is 5.59. The Bertz CT molecular complexity index is 698. The van der Waals surface area contributed by atoms with Crippen LogP contribution in [0.3, 0.4) is 0 Å². The molecule has 0 radical (unpaired) electrons. The van der Waals surface area contributed by atoms with Gasteiger partial charge in [0.2, 0.25) is 0 Å². The molecule has 2 fully saturated rings. The second kappa shape index (κ2) is 8.08. The molecule has 0 aliphatic carbocycles. The van der Waals surface area contributed by atoms with Crippen LogP contribution in [0.2, 0.25) is 0 Å². The molecule has 0 amide bonds. The third kappa shape index (κ3) is 3.67. The van der Waals surface area contributed by atoms with Gasteiger partial charge in [0, 0.05) is 17.6 Å². The molecular formula is C20H22O5S. The highest BCUT2D eigenvalue weighted by atomic mass is 32.2. The van der Waals surface area contributed by atoms with Gasteiger partial charge in [-0.3, -0.25) is 0 Å². The molecule has 26 heavy (non-hydrogen) atoms. The van der Waals surface area contributed by atoms with Gasteiger partial charge in [0.05, 0.1) is 6.61 Å². The fourth-order valence-corrected chi connectivity index (χ4v) is 4.42. The summed E-state index contributed by atoms with van der Waals surface area (Å²) in [5.41, 5.74) is 0.500. The zero-order valence-corrected chi connectivity index (χ0v) is 15.2. The maximum absolute atomic E-state index is 10.8. The van der Waals surface area contributed by atoms with Crippen LogP contribution in [-0.4, -0.2) is 48.7 Å². The molecule has 2 aromatic carbocycles. The number of aliphatic hydroxyl groups is 1. The van der Waals surface area contributed by atoms with E-state index in [1.807, 2.05) is 60.7 Å². The Morgan fingerprint density at radius 2 is 1.69 bits per heavy atom. The van der Waals surface area contributed by atoms with Crippen molar-refractivity contribution in [2.75, 3.05) is 13.7 Å². The van der Waals surface area contributed by atoms with Gasteiger partial charge in [-0.2, -0.15) is 0 Å². The van der Waals surface area contributed by atoms with Crippen LogP contribution in [0, 0.1) is 0 Å². The van der Waals surface area contributed by atoms with E-state index < -0.39 is 23.9 Å². The van der Waals surface area contributed by atoms with Crippen LogP contribution >= 0.6 is 11.8 Å². The summed E-state index contributed by atoms with van der Waals surface area (Å²) in [6.45, 7) is 0.392. The van der Waals surface area contributed by atoms with Crippen molar-refractivity contribution in [3.8, 4) is 0 Å². The number of thioether (sulfide) groups is 1. The number of fused-ring (bicyclic) bond motifs is 1. The second-order valence-electron chi connectivity index (χ2n) is 6.34. The molecule has 0 aromatic heterocycles. The zero-order valence-electron chi connectivity index (χ0n) is 14.4. The van der Waals surface area contributed by atoms with Gasteiger partial charge in [0.15, 0.2) is 6.29 Å². The lowest BCUT2D eigenvalue weighted by atomic mass is 9.98. The number of hydrogen-bond donors (Lipinski definition) is 1. The number of rotatable bonds is 4. The summed E-state index contributed by atoms with van der Waals surface area (Å²) >= 11 is 1.48. The summed E-state index contributed by atoms with van der Waals surface area (Å²) < 4.78 is 23.7. The fourth-order valence-electron chi connectivity index (χ4n) is 3.34. The molecule has 2 aliphatic heterocycles. The fraction of sp³-hybridized carbons (Fsp3) is 0.400. The minimum absolute atomic E-state index is 0.287. The molecule has 138 valence electrons. The number of aliphatic hydroxyl groups excluding tert-OH is 1. The Morgan fingerprint density at radius 3 is 2.38 bits per heavy atom. The molecule has 6 atom stereocenters. The first-order valence-electron chi connectivity index (χ1n) is 8.66. The lowest BCUT2D eigenvalue weighted by Gasteiger charge is -2.47. The van der Waals surface area contributed by atoms with Crippen molar-refractivity contribution in [2.24, 2.45) is 0 Å². The minimum Gasteiger partial charge on any atom is -0.387 e. The lowest BCUT2D eigenvalue weighted by Crippen LogP contribution is -2.61. The molecule has 2 aromatic rings. The highest BCUT2D eigenvalue weighted by Gasteiger charge is 2.50. The van der Waals surface area contributed by atoms with Crippen molar-refractivity contribution in [3.05, 3.63) is 66.2 Å². The Labute approximate surface area is 157 Å². The smallest absolute Gasteiger partial charge is 0.184 e. The quantitative estimate of drug-likeness (QED) is 0.888. The van der Waals surface area contributed by atoms with E-state index in [2.05, 4.69) is 0 Å². The maximum atomic E-state index is 10.8. The second-order valence-corrected chi connectivity index (χ2v) is 7.51. The van der Waals surface area contributed by atoms with E-state index in [0.717, 1.165) is 10.5 Å². The molecule has 5 nitrogen and oxygen atoms in total. The van der Waals surface area contributed by atoms with Crippen LogP contribution in [-0.2, 0) is 18.9 Å². The number of methoxy groups -OCH3 is 1. The van der Waals surface area contributed by atoms with E-state index in [9.17, 15) is 5.11 Å². The van der Waals surface area contributed by atoms with Crippen LogP contribution in [0.4, 0.5) is 0 Å². The molecule has 0 bridgehead atoms. The number of hydrogen-bond acceptors (Lipinski definition) is 6. The first kappa shape index (κ1) is 18.0. The van der Waals surface area contributed by atoms with Crippen molar-refractivity contribution in [1.29, 1.82) is 0 Å². The van der Waals surface area contributed by atoms with Crippen molar-refractivity contribution in [2.45, 2.75) is 41.0 Å². The average Bonchev–Trinajstić information content (AvgIpc) is 2.70. The molecule has 2 aliphatic rings. The Balaban J connectivity index is 1.49. The van der Waals surface area contributed by atoms with Gasteiger partial charge in [-0.25, -0.2) is 0 Å². The largest absolute Gasteiger partial charge is 0.387 e. The molecule has 1 N–H and O–H groups in total. The molecule has 4 rings (SSSR count). The van der Waals surface area contributed by atoms with Crippen molar-refractivity contribution >= 4 is 11.8 Å². The van der Waals surface area contributed by atoms with Gasteiger partial charge in [-0.15, -0.1) is 0 Å². The Hall–Kier alpha value is -1.41. The summed E-state index contributed by atoms with van der Waals surface area (Å²) in [5, 5.41) is 10.8. The normalized spacial score (nSPS) is 34.2.